The van der Waals surface area contributed by atoms with Crippen LogP contribution in [-0.2, 0) is 11.2 Å². The second kappa shape index (κ2) is 9.87. The molecule has 0 saturated heterocycles. The fourth-order valence-corrected chi connectivity index (χ4v) is 4.68. The minimum atomic E-state index is -0.819. The van der Waals surface area contributed by atoms with Crippen LogP contribution in [0.15, 0.2) is 47.6 Å². The van der Waals surface area contributed by atoms with Crippen LogP contribution in [-0.4, -0.2) is 26.8 Å². The molecule has 4 rings (SSSR count). The van der Waals surface area contributed by atoms with Gasteiger partial charge in [-0.2, -0.15) is 4.98 Å². The van der Waals surface area contributed by atoms with Crippen LogP contribution in [0.4, 0.5) is 10.1 Å². The molecule has 0 bridgehead atoms. The van der Waals surface area contributed by atoms with Crippen LogP contribution in [0.25, 0.3) is 11.3 Å². The van der Waals surface area contributed by atoms with Gasteiger partial charge in [0.2, 0.25) is 23.2 Å². The van der Waals surface area contributed by atoms with Gasteiger partial charge in [0.25, 0.3) is 0 Å². The van der Waals surface area contributed by atoms with Crippen LogP contribution in [0.5, 0.6) is 5.88 Å². The van der Waals surface area contributed by atoms with Crippen LogP contribution < -0.4 is 9.64 Å². The van der Waals surface area contributed by atoms with Gasteiger partial charge < -0.3 is 4.74 Å². The van der Waals surface area contributed by atoms with E-state index in [0.717, 1.165) is 29.7 Å². The van der Waals surface area contributed by atoms with Crippen LogP contribution in [0.3, 0.4) is 0 Å². The Bertz CT molecular complexity index is 1150. The van der Waals surface area contributed by atoms with Gasteiger partial charge in [-0.05, 0) is 48.6 Å². The molecule has 0 fully saturated rings. The largest absolute Gasteiger partial charge is 0.447 e. The van der Waals surface area contributed by atoms with E-state index in [1.54, 1.807) is 17.0 Å². The minimum Gasteiger partial charge on any atom is -0.447 e. The Labute approximate surface area is 197 Å². The van der Waals surface area contributed by atoms with Gasteiger partial charge in [0.15, 0.2) is 5.69 Å². The molecule has 0 aliphatic carbocycles. The average molecular weight is 467 g/mol. The third kappa shape index (κ3) is 5.00. The summed E-state index contributed by atoms with van der Waals surface area (Å²) in [6.07, 6.45) is 1.04. The highest BCUT2D eigenvalue weighted by atomic mass is 32.2. The molecular weight excluding hydrogens is 439 g/mol. The maximum atomic E-state index is 13.6. The van der Waals surface area contributed by atoms with Crippen LogP contribution in [0, 0.1) is 11.7 Å². The summed E-state index contributed by atoms with van der Waals surface area (Å²) in [6.45, 7) is 7.90. The number of halogens is 1. The molecule has 0 saturated carbocycles. The van der Waals surface area contributed by atoms with Gasteiger partial charge >= 0.3 is 0 Å². The summed E-state index contributed by atoms with van der Waals surface area (Å²) in [7, 11) is 0. The maximum Gasteiger partial charge on any atom is 0.247 e. The van der Waals surface area contributed by atoms with Crippen molar-refractivity contribution in [3.63, 3.8) is 0 Å². The first-order valence-corrected chi connectivity index (χ1v) is 12.1. The van der Waals surface area contributed by atoms with Gasteiger partial charge in [0.05, 0.1) is 5.69 Å². The molecule has 8 heteroatoms. The molecule has 0 unspecified atom stereocenters. The van der Waals surface area contributed by atoms with Crippen molar-refractivity contribution in [1.82, 2.24) is 15.2 Å². The van der Waals surface area contributed by atoms with Crippen molar-refractivity contribution >= 4 is 23.4 Å². The molecule has 1 amide bonds. The fraction of sp³-hybridized carbons (Fsp3) is 0.360. The predicted molar refractivity (Wildman–Crippen MR) is 128 cm³/mol. The zero-order valence-corrected chi connectivity index (χ0v) is 20.0. The molecule has 0 radical (unpaired) electrons. The van der Waals surface area contributed by atoms with E-state index in [0.29, 0.717) is 33.9 Å². The van der Waals surface area contributed by atoms with E-state index in [9.17, 15) is 9.18 Å². The highest BCUT2D eigenvalue weighted by Gasteiger charge is 2.34. The lowest BCUT2D eigenvalue weighted by atomic mass is 10.0. The van der Waals surface area contributed by atoms with E-state index in [1.807, 2.05) is 18.2 Å². The number of fused-ring (bicyclic) bond motifs is 3. The van der Waals surface area contributed by atoms with E-state index in [2.05, 4.69) is 36.0 Å². The number of hydrogen-bond donors (Lipinski definition) is 0. The van der Waals surface area contributed by atoms with Crippen LogP contribution in [0.1, 0.15) is 51.5 Å². The van der Waals surface area contributed by atoms with Crippen molar-refractivity contribution in [3.05, 3.63) is 59.4 Å². The smallest absolute Gasteiger partial charge is 0.247 e. The quantitative estimate of drug-likeness (QED) is 0.426. The van der Waals surface area contributed by atoms with Gasteiger partial charge in [-0.3, -0.25) is 9.69 Å². The predicted octanol–water partition coefficient (Wildman–Crippen LogP) is 5.82. The lowest BCUT2D eigenvalue weighted by Crippen LogP contribution is -2.36. The number of carbonyl (C=O) groups is 1. The van der Waals surface area contributed by atoms with Crippen molar-refractivity contribution < 1.29 is 13.9 Å². The fourth-order valence-electron chi connectivity index (χ4n) is 3.66. The van der Waals surface area contributed by atoms with Crippen molar-refractivity contribution in [3.8, 4) is 17.1 Å². The molecule has 2 heterocycles. The van der Waals surface area contributed by atoms with Gasteiger partial charge in [-0.1, -0.05) is 50.7 Å². The van der Waals surface area contributed by atoms with Gasteiger partial charge in [0, 0.05) is 23.8 Å². The molecular formula is C25H27FN4O2S. The first kappa shape index (κ1) is 23.2. The second-order valence-electron chi connectivity index (χ2n) is 8.39. The highest BCUT2D eigenvalue weighted by Crippen LogP contribution is 2.44. The third-order valence-electron chi connectivity index (χ3n) is 5.50. The first-order chi connectivity index (χ1) is 15.9. The molecule has 0 spiro atoms. The third-order valence-corrected chi connectivity index (χ3v) is 6.37. The molecule has 6 nitrogen and oxygen atoms in total. The average Bonchev–Trinajstić information content (AvgIpc) is 2.93. The number of hydrogen-bond acceptors (Lipinski definition) is 6. The summed E-state index contributed by atoms with van der Waals surface area (Å²) in [5.74, 6) is 1.19. The van der Waals surface area contributed by atoms with Gasteiger partial charge in [0.1, 0.15) is 5.82 Å². The van der Waals surface area contributed by atoms with Crippen LogP contribution in [0.2, 0.25) is 0 Å². The summed E-state index contributed by atoms with van der Waals surface area (Å²) < 4.78 is 20.0. The standard InChI is InChI=1S/C25H27FN4O2S/c1-5-17-6-11-21-20(14-17)22-23(27-25(29-28-22)33-13-12-15(2)3)32-24(30(21)16(4)31)18-7-9-19(26)10-8-18/h6-11,14-15,24H,5,12-13H2,1-4H3/t24-/m0/s1. The summed E-state index contributed by atoms with van der Waals surface area (Å²) in [6, 6.07) is 11.8. The molecule has 0 N–H and O–H groups in total. The molecule has 1 atom stereocenters. The van der Waals surface area contributed by atoms with E-state index >= 15 is 0 Å². The molecule has 172 valence electrons. The number of aromatic nitrogens is 3. The zero-order valence-electron chi connectivity index (χ0n) is 19.2. The normalized spacial score (nSPS) is 15.0. The highest BCUT2D eigenvalue weighted by molar-refractivity contribution is 7.99. The summed E-state index contributed by atoms with van der Waals surface area (Å²) >= 11 is 1.53. The molecule has 33 heavy (non-hydrogen) atoms. The van der Waals surface area contributed by atoms with E-state index in [4.69, 9.17) is 4.74 Å². The maximum absolute atomic E-state index is 13.6. The van der Waals surface area contributed by atoms with E-state index in [1.165, 1.54) is 30.8 Å². The van der Waals surface area contributed by atoms with E-state index < -0.39 is 6.23 Å². The monoisotopic (exact) mass is 466 g/mol. The van der Waals surface area contributed by atoms with Crippen LogP contribution >= 0.6 is 11.8 Å². The Morgan fingerprint density at radius 2 is 1.94 bits per heavy atom. The molecule has 1 aliphatic rings. The summed E-state index contributed by atoms with van der Waals surface area (Å²) in [4.78, 5) is 19.1. The number of carbonyl (C=O) groups excluding carboxylic acids is 1. The number of rotatable bonds is 6. The Morgan fingerprint density at radius 3 is 2.61 bits per heavy atom. The number of ether oxygens (including phenoxy) is 1. The van der Waals surface area contributed by atoms with Crippen molar-refractivity contribution in [2.75, 3.05) is 10.7 Å². The summed E-state index contributed by atoms with van der Waals surface area (Å²) in [5, 5.41) is 9.33. The molecule has 2 aromatic carbocycles. The number of anilines is 1. The molecule has 3 aromatic rings. The van der Waals surface area contributed by atoms with Crippen molar-refractivity contribution in [2.45, 2.75) is 51.9 Å². The topological polar surface area (TPSA) is 68.2 Å². The zero-order chi connectivity index (χ0) is 23.5. The van der Waals surface area contributed by atoms with E-state index in [-0.39, 0.29) is 11.7 Å². The van der Waals surface area contributed by atoms with Gasteiger partial charge in [-0.25, -0.2) is 4.39 Å². The number of thioether (sulfide) groups is 1. The lowest BCUT2D eigenvalue weighted by molar-refractivity contribution is -0.118. The Hall–Kier alpha value is -3.00. The number of amides is 1. The SMILES string of the molecule is CCc1ccc2c(c1)-c1nnc(SCCC(C)C)nc1O[C@@H](c1ccc(F)cc1)N2C(C)=O. The first-order valence-electron chi connectivity index (χ1n) is 11.1. The van der Waals surface area contributed by atoms with Crippen molar-refractivity contribution in [2.24, 2.45) is 5.92 Å². The molecule has 1 aliphatic heterocycles. The minimum absolute atomic E-state index is 0.206. The van der Waals surface area contributed by atoms with Gasteiger partial charge in [-0.15, -0.1) is 10.2 Å². The Morgan fingerprint density at radius 1 is 1.18 bits per heavy atom. The number of aryl methyl sites for hydroxylation is 1. The molecule has 1 aromatic heterocycles. The summed E-state index contributed by atoms with van der Waals surface area (Å²) in [5.41, 5.74) is 3.62. The Balaban J connectivity index is 1.85. The lowest BCUT2D eigenvalue weighted by Gasteiger charge is -2.30. The number of nitrogens with zero attached hydrogens (tertiary/aromatic N) is 4. The van der Waals surface area contributed by atoms with Crippen molar-refractivity contribution in [1.29, 1.82) is 0 Å². The Kier molecular flexibility index (Phi) is 6.93. The number of benzene rings is 2. The second-order valence-corrected chi connectivity index (χ2v) is 9.46.